The Kier molecular flexibility index (Phi) is 5.19. The molecular weight excluding hydrogens is 343 g/mol. The van der Waals surface area contributed by atoms with Gasteiger partial charge in [-0.2, -0.15) is 0 Å². The molecule has 4 nitrogen and oxygen atoms in total. The highest BCUT2D eigenvalue weighted by atomic mass is 19.1. The van der Waals surface area contributed by atoms with E-state index in [4.69, 9.17) is 4.84 Å². The topological polar surface area (TPSA) is 41.9 Å². The molecule has 1 aliphatic heterocycles. The number of oxime groups is 1. The second-order valence-corrected chi connectivity index (χ2v) is 7.31. The number of carbonyl (C=O) groups excluding carboxylic acids is 1. The van der Waals surface area contributed by atoms with E-state index in [1.165, 1.54) is 12.1 Å². The van der Waals surface area contributed by atoms with E-state index in [1.807, 2.05) is 35.2 Å². The van der Waals surface area contributed by atoms with Gasteiger partial charge in [-0.15, -0.1) is 0 Å². The fourth-order valence-corrected chi connectivity index (χ4v) is 3.53. The first-order valence-electron chi connectivity index (χ1n) is 9.50. The lowest BCUT2D eigenvalue weighted by Crippen LogP contribution is -2.42. The van der Waals surface area contributed by atoms with Crippen molar-refractivity contribution in [3.8, 4) is 0 Å². The van der Waals surface area contributed by atoms with Crippen molar-refractivity contribution in [3.05, 3.63) is 71.5 Å². The summed E-state index contributed by atoms with van der Waals surface area (Å²) in [7, 11) is 0. The molecule has 2 aromatic rings. The number of amides is 1. The van der Waals surface area contributed by atoms with Crippen molar-refractivity contribution >= 4 is 11.6 Å². The normalized spacial score (nSPS) is 19.1. The maximum absolute atomic E-state index is 13.1. The first-order chi connectivity index (χ1) is 13.2. The van der Waals surface area contributed by atoms with Crippen LogP contribution in [0.2, 0.25) is 0 Å². The Labute approximate surface area is 158 Å². The molecule has 0 aromatic heterocycles. The number of nitrogens with zero attached hydrogens (tertiary/aromatic N) is 2. The van der Waals surface area contributed by atoms with Gasteiger partial charge in [0.25, 0.3) is 0 Å². The molecule has 1 unspecified atom stereocenters. The van der Waals surface area contributed by atoms with Crippen LogP contribution in [0, 0.1) is 11.7 Å². The van der Waals surface area contributed by atoms with Crippen LogP contribution < -0.4 is 0 Å². The van der Waals surface area contributed by atoms with Gasteiger partial charge < -0.3 is 9.74 Å². The first kappa shape index (κ1) is 17.7. The monoisotopic (exact) mass is 366 g/mol. The number of hydrogen-bond donors (Lipinski definition) is 0. The molecule has 140 valence electrons. The van der Waals surface area contributed by atoms with E-state index in [0.717, 1.165) is 36.1 Å². The molecule has 0 radical (unpaired) electrons. The lowest BCUT2D eigenvalue weighted by molar-refractivity contribution is -0.140. The molecule has 0 saturated heterocycles. The standard InChI is InChI=1S/C22H23FN2O2/c23-19-11-9-17(10-12-19)21-13-20(27-24-21)15-25(22(26)18-7-4-8-18)14-16-5-2-1-3-6-16/h1-3,5-6,9-12,18,20H,4,7-8,13-15H2. The zero-order valence-corrected chi connectivity index (χ0v) is 15.2. The smallest absolute Gasteiger partial charge is 0.226 e. The van der Waals surface area contributed by atoms with Crippen LogP contribution in [0.25, 0.3) is 0 Å². The summed E-state index contributed by atoms with van der Waals surface area (Å²) in [5, 5.41) is 4.17. The van der Waals surface area contributed by atoms with E-state index < -0.39 is 0 Å². The predicted octanol–water partition coefficient (Wildman–Crippen LogP) is 4.15. The highest BCUT2D eigenvalue weighted by molar-refractivity contribution is 6.01. The number of benzene rings is 2. The van der Waals surface area contributed by atoms with E-state index in [0.29, 0.717) is 19.5 Å². The summed E-state index contributed by atoms with van der Waals surface area (Å²) in [5.74, 6) is 0.0893. The molecule has 0 N–H and O–H groups in total. The third kappa shape index (κ3) is 4.18. The van der Waals surface area contributed by atoms with E-state index in [2.05, 4.69) is 5.16 Å². The fraction of sp³-hybridized carbons (Fsp3) is 0.364. The molecule has 27 heavy (non-hydrogen) atoms. The van der Waals surface area contributed by atoms with E-state index in [9.17, 15) is 9.18 Å². The molecular formula is C22H23FN2O2. The lowest BCUT2D eigenvalue weighted by Gasteiger charge is -2.32. The summed E-state index contributed by atoms with van der Waals surface area (Å²) in [6.45, 7) is 1.10. The van der Waals surface area contributed by atoms with Crippen LogP contribution in [-0.4, -0.2) is 29.2 Å². The number of hydrogen-bond acceptors (Lipinski definition) is 3. The summed E-state index contributed by atoms with van der Waals surface area (Å²) in [4.78, 5) is 20.4. The van der Waals surface area contributed by atoms with Gasteiger partial charge in [0.1, 0.15) is 5.82 Å². The van der Waals surface area contributed by atoms with Gasteiger partial charge >= 0.3 is 0 Å². The number of halogens is 1. The molecule has 5 heteroatoms. The summed E-state index contributed by atoms with van der Waals surface area (Å²) < 4.78 is 13.1. The zero-order chi connectivity index (χ0) is 18.6. The minimum absolute atomic E-state index is 0.146. The van der Waals surface area contributed by atoms with E-state index in [1.54, 1.807) is 12.1 Å². The van der Waals surface area contributed by atoms with Crippen molar-refractivity contribution in [1.82, 2.24) is 4.90 Å². The molecule has 1 amide bonds. The third-order valence-corrected chi connectivity index (χ3v) is 5.32. The van der Waals surface area contributed by atoms with Gasteiger partial charge in [-0.3, -0.25) is 4.79 Å². The van der Waals surface area contributed by atoms with Crippen molar-refractivity contribution in [2.75, 3.05) is 6.54 Å². The average molecular weight is 366 g/mol. The molecule has 0 bridgehead atoms. The van der Waals surface area contributed by atoms with Gasteiger partial charge in [0.15, 0.2) is 6.10 Å². The Morgan fingerprint density at radius 3 is 2.52 bits per heavy atom. The minimum atomic E-state index is -0.269. The van der Waals surface area contributed by atoms with Crippen molar-refractivity contribution < 1.29 is 14.0 Å². The molecule has 0 spiro atoms. The molecule has 1 atom stereocenters. The van der Waals surface area contributed by atoms with E-state index in [-0.39, 0.29) is 23.7 Å². The molecule has 1 aliphatic carbocycles. The first-order valence-corrected chi connectivity index (χ1v) is 9.50. The Balaban J connectivity index is 1.42. The summed E-state index contributed by atoms with van der Waals surface area (Å²) in [6, 6.07) is 16.3. The largest absolute Gasteiger partial charge is 0.390 e. The molecule has 1 fully saturated rings. The molecule has 1 saturated carbocycles. The highest BCUT2D eigenvalue weighted by Crippen LogP contribution is 2.29. The van der Waals surface area contributed by atoms with Crippen LogP contribution in [-0.2, 0) is 16.2 Å². The Hall–Kier alpha value is -2.69. The van der Waals surface area contributed by atoms with Gasteiger partial charge in [0.05, 0.1) is 12.3 Å². The Bertz CT molecular complexity index is 816. The van der Waals surface area contributed by atoms with Crippen molar-refractivity contribution in [2.45, 2.75) is 38.3 Å². The third-order valence-electron chi connectivity index (χ3n) is 5.32. The number of carbonyl (C=O) groups is 1. The van der Waals surface area contributed by atoms with Gasteiger partial charge in [0, 0.05) is 18.9 Å². The van der Waals surface area contributed by atoms with Crippen LogP contribution in [0.4, 0.5) is 4.39 Å². The summed E-state index contributed by atoms with van der Waals surface area (Å²) >= 11 is 0. The van der Waals surface area contributed by atoms with Crippen molar-refractivity contribution in [3.63, 3.8) is 0 Å². The second kappa shape index (κ2) is 7.91. The Morgan fingerprint density at radius 1 is 1.11 bits per heavy atom. The zero-order valence-electron chi connectivity index (χ0n) is 15.2. The van der Waals surface area contributed by atoms with Crippen molar-refractivity contribution in [2.24, 2.45) is 11.1 Å². The minimum Gasteiger partial charge on any atom is -0.390 e. The van der Waals surface area contributed by atoms with Crippen molar-refractivity contribution in [1.29, 1.82) is 0 Å². The predicted molar refractivity (Wildman–Crippen MR) is 102 cm³/mol. The molecule has 2 aromatic carbocycles. The Morgan fingerprint density at radius 2 is 1.85 bits per heavy atom. The van der Waals surface area contributed by atoms with Gasteiger partial charge in [0.2, 0.25) is 5.91 Å². The fourth-order valence-electron chi connectivity index (χ4n) is 3.53. The highest BCUT2D eigenvalue weighted by Gasteiger charge is 2.32. The maximum Gasteiger partial charge on any atom is 0.226 e. The van der Waals surface area contributed by atoms with Gasteiger partial charge in [-0.1, -0.05) is 54.0 Å². The van der Waals surface area contributed by atoms with Gasteiger partial charge in [-0.05, 0) is 36.1 Å². The second-order valence-electron chi connectivity index (χ2n) is 7.31. The van der Waals surface area contributed by atoms with Crippen LogP contribution in [0.1, 0.15) is 36.8 Å². The van der Waals surface area contributed by atoms with Crippen LogP contribution in [0.3, 0.4) is 0 Å². The summed E-state index contributed by atoms with van der Waals surface area (Å²) in [5.41, 5.74) is 2.78. The lowest BCUT2D eigenvalue weighted by atomic mass is 9.84. The van der Waals surface area contributed by atoms with Crippen LogP contribution >= 0.6 is 0 Å². The SMILES string of the molecule is O=C(C1CCC1)N(Cc1ccccc1)CC1CC(c2ccc(F)cc2)=NO1. The maximum atomic E-state index is 13.1. The molecule has 1 heterocycles. The van der Waals surface area contributed by atoms with E-state index >= 15 is 0 Å². The quantitative estimate of drug-likeness (QED) is 0.771. The average Bonchev–Trinajstić information content (AvgIpc) is 3.10. The molecule has 2 aliphatic rings. The van der Waals surface area contributed by atoms with Crippen LogP contribution in [0.15, 0.2) is 59.8 Å². The number of rotatable bonds is 6. The van der Waals surface area contributed by atoms with Gasteiger partial charge in [-0.25, -0.2) is 4.39 Å². The molecule has 4 rings (SSSR count). The van der Waals surface area contributed by atoms with Crippen LogP contribution in [0.5, 0.6) is 0 Å². The summed E-state index contributed by atoms with van der Waals surface area (Å²) in [6.07, 6.45) is 3.54.